The van der Waals surface area contributed by atoms with Crippen molar-refractivity contribution in [3.05, 3.63) is 36.0 Å². The van der Waals surface area contributed by atoms with E-state index in [1.807, 2.05) is 45.0 Å². The minimum Gasteiger partial charge on any atom is -0.494 e. The first kappa shape index (κ1) is 21.8. The molecule has 0 bridgehead atoms. The van der Waals surface area contributed by atoms with Gasteiger partial charge in [-0.1, -0.05) is 26.3 Å². The number of nitrogens with zero attached hydrogens (tertiary/aromatic N) is 3. The Morgan fingerprint density at radius 2 is 1.82 bits per heavy atom. The van der Waals surface area contributed by atoms with Crippen molar-refractivity contribution in [3.63, 3.8) is 0 Å². The van der Waals surface area contributed by atoms with Gasteiger partial charge in [-0.2, -0.15) is 18.2 Å². The third kappa shape index (κ3) is 5.74. The summed E-state index contributed by atoms with van der Waals surface area (Å²) >= 11 is 0. The predicted octanol–water partition coefficient (Wildman–Crippen LogP) is 5.62. The number of alkyl halides is 3. The lowest BCUT2D eigenvalue weighted by Crippen LogP contribution is -2.21. The molecule has 2 aromatic rings. The normalized spacial score (nSPS) is 11.4. The maximum absolute atomic E-state index is 13.3. The molecule has 0 saturated heterocycles. The molecular weight excluding hydrogens is 371 g/mol. The molecule has 28 heavy (non-hydrogen) atoms. The Morgan fingerprint density at radius 1 is 1.04 bits per heavy atom. The van der Waals surface area contributed by atoms with Crippen molar-refractivity contribution < 1.29 is 22.6 Å². The Balaban J connectivity index is 2.36. The van der Waals surface area contributed by atoms with Crippen LogP contribution in [0.4, 0.5) is 24.8 Å². The van der Waals surface area contributed by atoms with E-state index in [1.54, 1.807) is 4.90 Å². The second-order valence-corrected chi connectivity index (χ2v) is 6.18. The van der Waals surface area contributed by atoms with Gasteiger partial charge in [-0.15, -0.1) is 0 Å². The fourth-order valence-corrected chi connectivity index (χ4v) is 2.51. The van der Waals surface area contributed by atoms with Crippen LogP contribution in [-0.4, -0.2) is 29.7 Å². The molecule has 0 amide bonds. The maximum Gasteiger partial charge on any atom is 0.423 e. The molecule has 0 radical (unpaired) electrons. The molecular formula is C20H26F3N3O2. The van der Waals surface area contributed by atoms with Crippen LogP contribution in [-0.2, 0) is 6.18 Å². The monoisotopic (exact) mass is 397 g/mol. The molecule has 1 heterocycles. The highest BCUT2D eigenvalue weighted by molar-refractivity contribution is 5.59. The fourth-order valence-electron chi connectivity index (χ4n) is 2.51. The van der Waals surface area contributed by atoms with Gasteiger partial charge in [-0.25, -0.2) is 4.98 Å². The van der Waals surface area contributed by atoms with Crippen LogP contribution in [0.2, 0.25) is 0 Å². The highest BCUT2D eigenvalue weighted by atomic mass is 19.4. The van der Waals surface area contributed by atoms with Gasteiger partial charge < -0.3 is 14.4 Å². The number of unbranched alkanes of at least 4 members (excludes halogenated alkanes) is 1. The van der Waals surface area contributed by atoms with E-state index < -0.39 is 17.6 Å². The highest BCUT2D eigenvalue weighted by Gasteiger charge is 2.36. The first-order chi connectivity index (χ1) is 13.4. The van der Waals surface area contributed by atoms with Crippen molar-refractivity contribution in [2.45, 2.75) is 46.2 Å². The van der Waals surface area contributed by atoms with Crippen molar-refractivity contribution in [2.75, 3.05) is 24.7 Å². The number of anilines is 2. The number of halogens is 3. The molecule has 0 aliphatic carbocycles. The lowest BCUT2D eigenvalue weighted by Gasteiger charge is -2.23. The molecule has 0 fully saturated rings. The van der Waals surface area contributed by atoms with Gasteiger partial charge in [-0.05, 0) is 31.9 Å². The van der Waals surface area contributed by atoms with Crippen LogP contribution in [0.1, 0.15) is 45.6 Å². The average Bonchev–Trinajstić information content (AvgIpc) is 2.67. The lowest BCUT2D eigenvalue weighted by molar-refractivity contribution is -0.139. The smallest absolute Gasteiger partial charge is 0.423 e. The van der Waals surface area contributed by atoms with Crippen LogP contribution in [0, 0.1) is 0 Å². The van der Waals surface area contributed by atoms with Crippen LogP contribution < -0.4 is 14.4 Å². The Labute approximate surface area is 163 Å². The van der Waals surface area contributed by atoms with E-state index in [1.165, 1.54) is 0 Å². The molecule has 2 rings (SSSR count). The number of aromatic nitrogens is 2. The SMILES string of the molecule is CCCCOc1nc(N(CC)c2cccc(OCCC)c2)ncc1C(F)(F)F. The van der Waals surface area contributed by atoms with Crippen molar-refractivity contribution >= 4 is 11.6 Å². The third-order valence-electron chi connectivity index (χ3n) is 3.94. The van der Waals surface area contributed by atoms with Gasteiger partial charge in [0.15, 0.2) is 0 Å². The molecule has 0 aliphatic rings. The topological polar surface area (TPSA) is 47.5 Å². The van der Waals surface area contributed by atoms with Gasteiger partial charge in [0.25, 0.3) is 0 Å². The number of rotatable bonds is 10. The van der Waals surface area contributed by atoms with E-state index >= 15 is 0 Å². The number of hydrogen-bond acceptors (Lipinski definition) is 5. The summed E-state index contributed by atoms with van der Waals surface area (Å²) in [6.07, 6.45) is -1.47. The maximum atomic E-state index is 13.3. The number of ether oxygens (including phenoxy) is 2. The van der Waals surface area contributed by atoms with E-state index in [2.05, 4.69) is 9.97 Å². The van der Waals surface area contributed by atoms with Crippen LogP contribution in [0.5, 0.6) is 11.6 Å². The third-order valence-corrected chi connectivity index (χ3v) is 3.94. The van der Waals surface area contributed by atoms with E-state index in [4.69, 9.17) is 9.47 Å². The molecule has 0 spiro atoms. The minimum atomic E-state index is -4.58. The highest BCUT2D eigenvalue weighted by Crippen LogP contribution is 2.36. The molecule has 0 unspecified atom stereocenters. The minimum absolute atomic E-state index is 0.148. The van der Waals surface area contributed by atoms with E-state index in [-0.39, 0.29) is 12.6 Å². The summed E-state index contributed by atoms with van der Waals surface area (Å²) in [5.74, 6) is 0.390. The first-order valence-corrected chi connectivity index (χ1v) is 9.48. The standard InChI is InChI=1S/C20H26F3N3O2/c1-4-7-12-28-18-17(20(21,22)23)14-24-19(25-18)26(6-3)15-9-8-10-16(13-15)27-11-5-2/h8-10,13-14H,4-7,11-12H2,1-3H3. The number of hydrogen-bond donors (Lipinski definition) is 0. The molecule has 8 heteroatoms. The zero-order valence-electron chi connectivity index (χ0n) is 16.4. The second-order valence-electron chi connectivity index (χ2n) is 6.18. The Morgan fingerprint density at radius 3 is 2.46 bits per heavy atom. The zero-order valence-corrected chi connectivity index (χ0v) is 16.4. The van der Waals surface area contributed by atoms with Crippen molar-refractivity contribution in [1.82, 2.24) is 9.97 Å². The summed E-state index contributed by atoms with van der Waals surface area (Å²) in [6.45, 7) is 7.05. The summed E-state index contributed by atoms with van der Waals surface area (Å²) < 4.78 is 50.8. The summed E-state index contributed by atoms with van der Waals surface area (Å²) in [4.78, 5) is 9.74. The van der Waals surface area contributed by atoms with Crippen molar-refractivity contribution in [2.24, 2.45) is 0 Å². The van der Waals surface area contributed by atoms with Crippen LogP contribution in [0.25, 0.3) is 0 Å². The Hall–Kier alpha value is -2.51. The van der Waals surface area contributed by atoms with Gasteiger partial charge in [0.2, 0.25) is 11.8 Å². The van der Waals surface area contributed by atoms with Crippen molar-refractivity contribution in [1.29, 1.82) is 0 Å². The molecule has 5 nitrogen and oxygen atoms in total. The zero-order chi connectivity index (χ0) is 20.6. The second kappa shape index (κ2) is 10.1. The largest absolute Gasteiger partial charge is 0.494 e. The molecule has 0 N–H and O–H groups in total. The summed E-state index contributed by atoms with van der Waals surface area (Å²) in [7, 11) is 0. The molecule has 1 aromatic carbocycles. The fraction of sp³-hybridized carbons (Fsp3) is 0.500. The Bertz CT molecular complexity index is 754. The van der Waals surface area contributed by atoms with Crippen molar-refractivity contribution in [3.8, 4) is 11.6 Å². The van der Waals surface area contributed by atoms with Gasteiger partial charge >= 0.3 is 6.18 Å². The van der Waals surface area contributed by atoms with Gasteiger partial charge in [0.05, 0.1) is 13.2 Å². The van der Waals surface area contributed by atoms with Crippen LogP contribution in [0.3, 0.4) is 0 Å². The predicted molar refractivity (Wildman–Crippen MR) is 102 cm³/mol. The van der Waals surface area contributed by atoms with E-state index in [0.717, 1.165) is 24.7 Å². The van der Waals surface area contributed by atoms with E-state index in [0.29, 0.717) is 25.3 Å². The molecule has 154 valence electrons. The van der Waals surface area contributed by atoms with Crippen LogP contribution in [0.15, 0.2) is 30.5 Å². The summed E-state index contributed by atoms with van der Waals surface area (Å²) in [5.41, 5.74) is -0.237. The average molecular weight is 397 g/mol. The number of benzene rings is 1. The Kier molecular flexibility index (Phi) is 7.90. The van der Waals surface area contributed by atoms with Gasteiger partial charge in [-0.3, -0.25) is 0 Å². The first-order valence-electron chi connectivity index (χ1n) is 9.48. The molecule has 1 aromatic heterocycles. The van der Waals surface area contributed by atoms with Gasteiger partial charge in [0.1, 0.15) is 11.3 Å². The van der Waals surface area contributed by atoms with Crippen LogP contribution >= 0.6 is 0 Å². The van der Waals surface area contributed by atoms with Gasteiger partial charge in [0, 0.05) is 24.5 Å². The molecule has 0 saturated carbocycles. The molecule has 0 atom stereocenters. The quantitative estimate of drug-likeness (QED) is 0.487. The summed E-state index contributed by atoms with van der Waals surface area (Å²) in [5, 5.41) is 0. The molecule has 0 aliphatic heterocycles. The lowest BCUT2D eigenvalue weighted by atomic mass is 10.2. The van der Waals surface area contributed by atoms with E-state index in [9.17, 15) is 13.2 Å². The summed E-state index contributed by atoms with van der Waals surface area (Å²) in [6, 6.07) is 7.31.